The van der Waals surface area contributed by atoms with E-state index in [-0.39, 0.29) is 30.2 Å². The second-order valence-electron chi connectivity index (χ2n) is 4.88. The highest BCUT2D eigenvalue weighted by molar-refractivity contribution is 7.80. The van der Waals surface area contributed by atoms with Crippen LogP contribution in [0.5, 0.6) is 0 Å². The van der Waals surface area contributed by atoms with Gasteiger partial charge in [0.2, 0.25) is 11.8 Å². The molecule has 8 nitrogen and oxygen atoms in total. The molecule has 2 N–H and O–H groups in total. The number of benzene rings is 1. The molecule has 0 saturated heterocycles. The zero-order chi connectivity index (χ0) is 16.7. The van der Waals surface area contributed by atoms with Gasteiger partial charge in [0.15, 0.2) is 0 Å². The number of thiol groups is 1. The average Bonchev–Trinajstić information content (AvgIpc) is 3.00. The lowest BCUT2D eigenvalue weighted by molar-refractivity contribution is -0.121. The van der Waals surface area contributed by atoms with E-state index in [0.717, 1.165) is 10.4 Å². The molecule has 0 fully saturated rings. The van der Waals surface area contributed by atoms with Crippen molar-refractivity contribution in [2.45, 2.75) is 13.0 Å². The Kier molecular flexibility index (Phi) is 6.10. The predicted molar refractivity (Wildman–Crippen MR) is 88.0 cm³/mol. The smallest absolute Gasteiger partial charge is 0.270 e. The van der Waals surface area contributed by atoms with E-state index in [9.17, 15) is 9.59 Å². The first-order valence-electron chi connectivity index (χ1n) is 7.06. The van der Waals surface area contributed by atoms with E-state index in [1.807, 2.05) is 30.3 Å². The number of carbonyl (C=O) groups is 2. The minimum Gasteiger partial charge on any atom is -0.358 e. The minimum atomic E-state index is -0.313. The molecule has 1 heterocycles. The Balaban J connectivity index is 1.95. The van der Waals surface area contributed by atoms with Crippen molar-refractivity contribution < 1.29 is 9.59 Å². The zero-order valence-corrected chi connectivity index (χ0v) is 13.5. The maximum atomic E-state index is 12.3. The van der Waals surface area contributed by atoms with Crippen molar-refractivity contribution in [3.05, 3.63) is 35.9 Å². The van der Waals surface area contributed by atoms with Crippen LogP contribution in [0.15, 0.2) is 30.3 Å². The third kappa shape index (κ3) is 5.06. The highest BCUT2D eigenvalue weighted by Gasteiger charge is 2.19. The quantitative estimate of drug-likeness (QED) is 0.626. The van der Waals surface area contributed by atoms with Crippen LogP contribution in [0, 0.1) is 5.92 Å². The van der Waals surface area contributed by atoms with Crippen LogP contribution in [0.25, 0.3) is 0 Å². The van der Waals surface area contributed by atoms with Gasteiger partial charge in [0.25, 0.3) is 5.95 Å². The fourth-order valence-electron chi connectivity index (χ4n) is 1.92. The van der Waals surface area contributed by atoms with Crippen LogP contribution < -0.4 is 10.6 Å². The summed E-state index contributed by atoms with van der Waals surface area (Å²) in [5.41, 5.74) is 1.05. The van der Waals surface area contributed by atoms with Gasteiger partial charge in [0.1, 0.15) is 6.54 Å². The summed E-state index contributed by atoms with van der Waals surface area (Å²) in [5, 5.41) is 16.4. The summed E-state index contributed by atoms with van der Waals surface area (Å²) in [6.07, 6.45) is 0.572. The van der Waals surface area contributed by atoms with Crippen molar-refractivity contribution in [1.29, 1.82) is 0 Å². The van der Waals surface area contributed by atoms with Gasteiger partial charge >= 0.3 is 0 Å². The van der Waals surface area contributed by atoms with Crippen molar-refractivity contribution in [3.63, 3.8) is 0 Å². The first-order valence-corrected chi connectivity index (χ1v) is 7.69. The maximum absolute atomic E-state index is 12.3. The first kappa shape index (κ1) is 16.9. The number of amides is 2. The molecule has 1 unspecified atom stereocenters. The first-order chi connectivity index (χ1) is 11.1. The minimum absolute atomic E-state index is 0.0562. The molecular weight excluding hydrogens is 316 g/mol. The molecule has 0 spiro atoms. The van der Waals surface area contributed by atoms with Crippen LogP contribution in [0.1, 0.15) is 5.56 Å². The SMILES string of the molecule is CNC(=O)Cn1nnc(NC(=O)C(CS)Cc2ccccc2)n1. The number of nitrogens with zero attached hydrogens (tertiary/aromatic N) is 4. The van der Waals surface area contributed by atoms with Gasteiger partial charge in [-0.15, -0.1) is 5.10 Å². The summed E-state index contributed by atoms with van der Waals surface area (Å²) in [5.74, 6) is -0.334. The Morgan fingerprint density at radius 3 is 2.70 bits per heavy atom. The zero-order valence-electron chi connectivity index (χ0n) is 12.6. The second kappa shape index (κ2) is 8.28. The Hall–Kier alpha value is -2.42. The second-order valence-corrected chi connectivity index (χ2v) is 5.24. The summed E-state index contributed by atoms with van der Waals surface area (Å²) >= 11 is 4.24. The third-order valence-electron chi connectivity index (χ3n) is 3.17. The lowest BCUT2D eigenvalue weighted by atomic mass is 10.0. The molecule has 1 aromatic heterocycles. The number of aromatic nitrogens is 4. The molecule has 122 valence electrons. The maximum Gasteiger partial charge on any atom is 0.270 e. The Morgan fingerprint density at radius 2 is 2.04 bits per heavy atom. The van der Waals surface area contributed by atoms with Crippen molar-refractivity contribution in [3.8, 4) is 0 Å². The fraction of sp³-hybridized carbons (Fsp3) is 0.357. The standard InChI is InChI=1S/C14H18N6O2S/c1-15-12(21)8-20-18-14(17-19-20)16-13(22)11(9-23)7-10-5-3-2-4-6-10/h2-6,11,23H,7-9H2,1H3,(H,15,21)(H,16,18,22). The predicted octanol–water partition coefficient (Wildman–Crippen LogP) is 0.146. The van der Waals surface area contributed by atoms with Crippen LogP contribution in [0.4, 0.5) is 5.95 Å². The summed E-state index contributed by atoms with van der Waals surface area (Å²) in [7, 11) is 1.52. The molecule has 9 heteroatoms. The largest absolute Gasteiger partial charge is 0.358 e. The van der Waals surface area contributed by atoms with Gasteiger partial charge in [-0.05, 0) is 17.2 Å². The molecule has 0 aliphatic heterocycles. The number of carbonyl (C=O) groups excluding carboxylic acids is 2. The van der Waals surface area contributed by atoms with Gasteiger partial charge in [0, 0.05) is 12.8 Å². The number of anilines is 1. The number of tetrazole rings is 1. The summed E-state index contributed by atoms with van der Waals surface area (Å²) in [6, 6.07) is 9.70. The third-order valence-corrected chi connectivity index (χ3v) is 3.61. The molecule has 0 bridgehead atoms. The van der Waals surface area contributed by atoms with E-state index in [1.165, 1.54) is 7.05 Å². The molecule has 2 aromatic rings. The fourth-order valence-corrected chi connectivity index (χ4v) is 2.21. The van der Waals surface area contributed by atoms with E-state index in [2.05, 4.69) is 38.7 Å². The normalized spacial score (nSPS) is 11.7. The van der Waals surface area contributed by atoms with Crippen molar-refractivity contribution >= 4 is 30.4 Å². The molecule has 0 saturated carbocycles. The lowest BCUT2D eigenvalue weighted by Crippen LogP contribution is -2.27. The number of hydrogen-bond donors (Lipinski definition) is 3. The molecule has 1 atom stereocenters. The van der Waals surface area contributed by atoms with Crippen LogP contribution in [-0.4, -0.2) is 44.8 Å². The van der Waals surface area contributed by atoms with Crippen molar-refractivity contribution in [2.24, 2.45) is 5.92 Å². The molecule has 0 aliphatic carbocycles. The van der Waals surface area contributed by atoms with Gasteiger partial charge in [-0.25, -0.2) is 0 Å². The van der Waals surface area contributed by atoms with Crippen LogP contribution in [0.3, 0.4) is 0 Å². The van der Waals surface area contributed by atoms with Crippen molar-refractivity contribution in [2.75, 3.05) is 18.1 Å². The highest BCUT2D eigenvalue weighted by atomic mass is 32.1. The molecule has 2 rings (SSSR count). The molecular formula is C14H18N6O2S. The number of hydrogen-bond acceptors (Lipinski definition) is 6. The van der Waals surface area contributed by atoms with Crippen LogP contribution in [-0.2, 0) is 22.6 Å². The van der Waals surface area contributed by atoms with Gasteiger partial charge in [-0.1, -0.05) is 35.4 Å². The molecule has 23 heavy (non-hydrogen) atoms. The highest BCUT2D eigenvalue weighted by Crippen LogP contribution is 2.12. The van der Waals surface area contributed by atoms with Crippen molar-refractivity contribution in [1.82, 2.24) is 25.5 Å². The Labute approximate surface area is 139 Å². The number of likely N-dealkylation sites (N-methyl/N-ethyl adjacent to an activating group) is 1. The van der Waals surface area contributed by atoms with Gasteiger partial charge < -0.3 is 5.32 Å². The number of nitrogens with one attached hydrogen (secondary N) is 2. The lowest BCUT2D eigenvalue weighted by Gasteiger charge is -2.12. The summed E-state index contributed by atoms with van der Waals surface area (Å²) in [4.78, 5) is 24.6. The van der Waals surface area contributed by atoms with E-state index in [1.54, 1.807) is 0 Å². The molecule has 1 aromatic carbocycles. The summed E-state index contributed by atoms with van der Waals surface area (Å²) < 4.78 is 0. The summed E-state index contributed by atoms with van der Waals surface area (Å²) in [6.45, 7) is -0.0562. The molecule has 2 amide bonds. The van der Waals surface area contributed by atoms with Crippen LogP contribution >= 0.6 is 12.6 Å². The van der Waals surface area contributed by atoms with Gasteiger partial charge in [0.05, 0.1) is 5.92 Å². The van der Waals surface area contributed by atoms with E-state index < -0.39 is 0 Å². The Bertz CT molecular complexity index is 660. The van der Waals surface area contributed by atoms with E-state index in [0.29, 0.717) is 12.2 Å². The topological polar surface area (TPSA) is 102 Å². The van der Waals surface area contributed by atoms with Gasteiger partial charge in [-0.3, -0.25) is 14.9 Å². The average molecular weight is 334 g/mol. The monoisotopic (exact) mass is 334 g/mol. The van der Waals surface area contributed by atoms with Crippen LogP contribution in [0.2, 0.25) is 0 Å². The van der Waals surface area contributed by atoms with E-state index >= 15 is 0 Å². The Morgan fingerprint density at radius 1 is 1.30 bits per heavy atom. The molecule has 0 aliphatic rings. The molecule has 0 radical (unpaired) electrons. The number of rotatable bonds is 7. The van der Waals surface area contributed by atoms with Gasteiger partial charge in [-0.2, -0.15) is 17.4 Å². The van der Waals surface area contributed by atoms with E-state index in [4.69, 9.17) is 0 Å².